The summed E-state index contributed by atoms with van der Waals surface area (Å²) in [6.45, 7) is -1.08. The average Bonchev–Trinajstić information content (AvgIpc) is 3.13. The Kier molecular flexibility index (Phi) is 11.8. The predicted molar refractivity (Wildman–Crippen MR) is 98.1 cm³/mol. The van der Waals surface area contributed by atoms with Gasteiger partial charge in [0.1, 0.15) is 30.2 Å². The van der Waals surface area contributed by atoms with Crippen LogP contribution >= 0.6 is 23.5 Å². The standard InChI is InChI=1S/C10H16N5O13P3.2Ca/c11-8-5-9(13-2-12-8)15(3-14-5)10-7(17)6(16)4(26-10)1-25-30(21,22)28-31(23,24)27-29(18,19)20;;/h2-4,6-7,10,16-17H,1H2,(H,21,22)(H,23,24)(H2,11,12,13)(H2,18,19,20);;/q;2*+2/p-4/t4-,6-,7-,10-;;/m1../s1. The fraction of sp³-hybridized carbons (Fsp3) is 0.500. The van der Waals surface area contributed by atoms with E-state index in [4.69, 9.17) is 10.5 Å². The van der Waals surface area contributed by atoms with Crippen molar-refractivity contribution in [2.75, 3.05) is 12.3 Å². The Morgan fingerprint density at radius 3 is 2.27 bits per heavy atom. The van der Waals surface area contributed by atoms with E-state index in [0.717, 1.165) is 12.7 Å². The molecule has 2 aromatic rings. The SMILES string of the molecule is Nc1ncnc2c1ncn2[C@@H]1O[C@H](COP(=O)([O-])OP(=O)([O-])OP(=O)([O-])[O-])[C@@H](O)[C@H]1O.[Ca+2].[Ca+2]. The number of nitrogen functional groups attached to an aromatic ring is 1. The normalized spacial score (nSPS) is 26.7. The molecule has 6 atom stereocenters. The van der Waals surface area contributed by atoms with E-state index < -0.39 is 54.6 Å². The monoisotopic (exact) mass is 583 g/mol. The fourth-order valence-corrected chi connectivity index (χ4v) is 5.47. The Bertz CT molecular complexity index is 1120. The van der Waals surface area contributed by atoms with Crippen LogP contribution in [-0.4, -0.2) is 130 Å². The summed E-state index contributed by atoms with van der Waals surface area (Å²) in [5, 5.41) is 20.3. The van der Waals surface area contributed by atoms with Crippen LogP contribution in [0.2, 0.25) is 0 Å². The number of nitrogens with two attached hydrogens (primary N) is 1. The van der Waals surface area contributed by atoms with Gasteiger partial charge in [-0.2, -0.15) is 0 Å². The van der Waals surface area contributed by atoms with E-state index in [1.54, 1.807) is 0 Å². The molecule has 0 bridgehead atoms. The number of anilines is 1. The molecule has 1 aliphatic rings. The Morgan fingerprint density at radius 2 is 1.67 bits per heavy atom. The van der Waals surface area contributed by atoms with E-state index in [0.29, 0.717) is 0 Å². The summed E-state index contributed by atoms with van der Waals surface area (Å²) >= 11 is 0. The smallest absolute Gasteiger partial charge is 0.790 e. The fourth-order valence-electron chi connectivity index (χ4n) is 2.60. The maximum atomic E-state index is 11.6. The van der Waals surface area contributed by atoms with Gasteiger partial charge in [-0.05, 0) is 0 Å². The number of phosphoric ester groups is 1. The molecule has 0 saturated carbocycles. The number of ether oxygens (including phenoxy) is 1. The molecule has 0 aromatic carbocycles. The number of hydrogen-bond acceptors (Lipinski definition) is 17. The van der Waals surface area contributed by atoms with E-state index in [2.05, 4.69) is 28.1 Å². The van der Waals surface area contributed by atoms with Crippen LogP contribution in [0.5, 0.6) is 0 Å². The number of rotatable bonds is 8. The molecule has 3 heterocycles. The zero-order valence-corrected chi connectivity index (χ0v) is 23.3. The first-order valence-corrected chi connectivity index (χ1v) is 12.2. The molecular formula is C10H12Ca2N5O13P3. The van der Waals surface area contributed by atoms with Gasteiger partial charge in [0, 0.05) is 0 Å². The zero-order valence-electron chi connectivity index (χ0n) is 16.2. The molecule has 2 unspecified atom stereocenters. The first kappa shape index (κ1) is 32.2. The van der Waals surface area contributed by atoms with Crippen LogP contribution in [0.4, 0.5) is 5.82 Å². The second kappa shape index (κ2) is 12.1. The average molecular weight is 583 g/mol. The third-order valence-corrected chi connectivity index (χ3v) is 7.46. The zero-order chi connectivity index (χ0) is 23.2. The summed E-state index contributed by atoms with van der Waals surface area (Å²) in [4.78, 5) is 54.9. The van der Waals surface area contributed by atoms with Crippen molar-refractivity contribution in [1.82, 2.24) is 19.5 Å². The molecule has 0 amide bonds. The summed E-state index contributed by atoms with van der Waals surface area (Å²) in [6, 6.07) is 0. The van der Waals surface area contributed by atoms with E-state index >= 15 is 0 Å². The van der Waals surface area contributed by atoms with Crippen LogP contribution < -0.4 is 25.3 Å². The molecule has 1 saturated heterocycles. The van der Waals surface area contributed by atoms with Crippen molar-refractivity contribution in [2.24, 2.45) is 0 Å². The number of imidazole rings is 1. The van der Waals surface area contributed by atoms with Gasteiger partial charge in [0.05, 0.1) is 20.8 Å². The van der Waals surface area contributed by atoms with Gasteiger partial charge in [-0.3, -0.25) is 18.0 Å². The van der Waals surface area contributed by atoms with Gasteiger partial charge in [-0.1, -0.05) is 0 Å². The van der Waals surface area contributed by atoms with Crippen molar-refractivity contribution in [3.8, 4) is 0 Å². The van der Waals surface area contributed by atoms with Crippen molar-refractivity contribution in [3.05, 3.63) is 12.7 Å². The summed E-state index contributed by atoms with van der Waals surface area (Å²) in [5.41, 5.74) is 5.92. The molecule has 2 aromatic heterocycles. The second-order valence-corrected chi connectivity index (χ2v) is 10.2. The molecule has 18 nitrogen and oxygen atoms in total. The third-order valence-electron chi connectivity index (χ3n) is 3.80. The number of fused-ring (bicyclic) bond motifs is 1. The van der Waals surface area contributed by atoms with Gasteiger partial charge >= 0.3 is 75.5 Å². The molecule has 0 aliphatic carbocycles. The Balaban J connectivity index is 0.00000272. The van der Waals surface area contributed by atoms with Crippen LogP contribution in [0.1, 0.15) is 6.23 Å². The Hall–Kier alpha value is 1.16. The topological polar surface area (TPSA) is 290 Å². The maximum absolute atomic E-state index is 11.6. The first-order valence-electron chi connectivity index (χ1n) is 7.85. The van der Waals surface area contributed by atoms with E-state index in [1.807, 2.05) is 0 Å². The minimum Gasteiger partial charge on any atom is -0.790 e. The summed E-state index contributed by atoms with van der Waals surface area (Å²) in [7, 11) is -18.1. The molecule has 0 radical (unpaired) electrons. The Morgan fingerprint density at radius 1 is 1.03 bits per heavy atom. The van der Waals surface area contributed by atoms with Crippen LogP contribution in [0.25, 0.3) is 11.2 Å². The van der Waals surface area contributed by atoms with Crippen molar-refractivity contribution < 1.29 is 61.4 Å². The minimum atomic E-state index is -6.14. The maximum Gasteiger partial charge on any atom is 2.00 e. The quantitative estimate of drug-likeness (QED) is 0.194. The number of aliphatic hydroxyl groups excluding tert-OH is 2. The van der Waals surface area contributed by atoms with E-state index in [1.165, 1.54) is 4.57 Å². The van der Waals surface area contributed by atoms with E-state index in [9.17, 15) is 43.5 Å². The van der Waals surface area contributed by atoms with Crippen molar-refractivity contribution in [2.45, 2.75) is 24.5 Å². The molecule has 174 valence electrons. The van der Waals surface area contributed by atoms with Crippen LogP contribution in [0.15, 0.2) is 12.7 Å². The number of aromatic nitrogens is 4. The number of hydrogen-bond donors (Lipinski definition) is 3. The predicted octanol–water partition coefficient (Wildman–Crippen LogP) is -4.92. The van der Waals surface area contributed by atoms with E-state index in [-0.39, 0.29) is 92.5 Å². The van der Waals surface area contributed by atoms with Crippen molar-refractivity contribution in [3.63, 3.8) is 0 Å². The summed E-state index contributed by atoms with van der Waals surface area (Å²) in [5.74, 6) is 0.0195. The summed E-state index contributed by atoms with van der Waals surface area (Å²) < 4.78 is 50.2. The van der Waals surface area contributed by atoms with Crippen LogP contribution in [-0.2, 0) is 31.6 Å². The minimum absolute atomic E-state index is 0. The molecule has 3 rings (SSSR count). The van der Waals surface area contributed by atoms with Gasteiger partial charge in [0.25, 0.3) is 15.6 Å². The van der Waals surface area contributed by atoms with Gasteiger partial charge in [-0.15, -0.1) is 0 Å². The van der Waals surface area contributed by atoms with Gasteiger partial charge < -0.3 is 49.3 Å². The van der Waals surface area contributed by atoms with Crippen LogP contribution in [0.3, 0.4) is 0 Å². The Labute approximate surface area is 243 Å². The number of phosphoric acid groups is 3. The molecule has 1 fully saturated rings. The van der Waals surface area contributed by atoms with Gasteiger partial charge in [0.15, 0.2) is 17.7 Å². The number of nitrogens with zero attached hydrogens (tertiary/aromatic N) is 4. The summed E-state index contributed by atoms with van der Waals surface area (Å²) in [6.07, 6.45) is -3.99. The number of aliphatic hydroxyl groups is 2. The molecule has 4 N–H and O–H groups in total. The van der Waals surface area contributed by atoms with Crippen LogP contribution in [0, 0.1) is 0 Å². The first-order chi connectivity index (χ1) is 14.2. The van der Waals surface area contributed by atoms with Crippen molar-refractivity contribution >= 4 is 116 Å². The molecule has 1 aliphatic heterocycles. The third kappa shape index (κ3) is 8.33. The molecule has 0 spiro atoms. The van der Waals surface area contributed by atoms with Crippen molar-refractivity contribution in [1.29, 1.82) is 0 Å². The molecule has 23 heteroatoms. The van der Waals surface area contributed by atoms with Gasteiger partial charge in [0.2, 0.25) is 0 Å². The molecular weight excluding hydrogens is 571 g/mol. The van der Waals surface area contributed by atoms with Gasteiger partial charge in [-0.25, -0.2) is 19.3 Å². The molecule has 33 heavy (non-hydrogen) atoms. The second-order valence-electron chi connectivity index (χ2n) is 5.93. The largest absolute Gasteiger partial charge is 2.00 e.